The molecule has 0 amide bonds. The summed E-state index contributed by atoms with van der Waals surface area (Å²) < 4.78 is 0. The number of anilines is 3. The van der Waals surface area contributed by atoms with Crippen LogP contribution in [0.15, 0.2) is 309 Å². The average Bonchev–Trinajstić information content (AvgIpc) is 4.01. The standard InChI is InChI=1S/C74H51N/c1-6-21-52(22-7-1)53-37-39-54(40-38-53)55-41-46-62(47-42-55)75(71-36-20-35-69-72(71)66-32-17-19-34-68(66)73(69,58-23-8-2-9-24-58)59-25-10-3-11-26-59)63-48-43-56(44-49-63)57-45-50-65-64-31-16-18-33-67(64)74(70(65)51-57,60-27-12-4-13-28-60)61-29-14-5-15-30-61/h1-51H. The van der Waals surface area contributed by atoms with Crippen molar-refractivity contribution in [3.05, 3.63) is 354 Å². The Labute approximate surface area is 440 Å². The summed E-state index contributed by atoms with van der Waals surface area (Å²) in [7, 11) is 0. The van der Waals surface area contributed by atoms with Gasteiger partial charge in [0.15, 0.2) is 0 Å². The highest BCUT2D eigenvalue weighted by Gasteiger charge is 2.48. The minimum Gasteiger partial charge on any atom is -0.310 e. The van der Waals surface area contributed by atoms with Gasteiger partial charge in [0.2, 0.25) is 0 Å². The molecule has 0 aromatic heterocycles. The minimum absolute atomic E-state index is 0.476. The zero-order chi connectivity index (χ0) is 49.8. The molecule has 0 saturated heterocycles. The van der Waals surface area contributed by atoms with E-state index in [1.807, 2.05) is 0 Å². The Balaban J connectivity index is 0.930. The second-order valence-electron chi connectivity index (χ2n) is 19.9. The van der Waals surface area contributed by atoms with Crippen LogP contribution in [0.1, 0.15) is 44.5 Å². The Hall–Kier alpha value is -9.56. The molecule has 12 aromatic carbocycles. The predicted octanol–water partition coefficient (Wildman–Crippen LogP) is 18.9. The van der Waals surface area contributed by atoms with Gasteiger partial charge in [-0.2, -0.15) is 0 Å². The number of benzene rings is 12. The summed E-state index contributed by atoms with van der Waals surface area (Å²) in [4.78, 5) is 2.48. The van der Waals surface area contributed by atoms with Gasteiger partial charge in [0.05, 0.1) is 16.5 Å². The van der Waals surface area contributed by atoms with Gasteiger partial charge >= 0.3 is 0 Å². The molecule has 2 aliphatic carbocycles. The van der Waals surface area contributed by atoms with E-state index in [-0.39, 0.29) is 0 Å². The Morgan fingerprint density at radius 2 is 0.547 bits per heavy atom. The predicted molar refractivity (Wildman–Crippen MR) is 312 cm³/mol. The second kappa shape index (κ2) is 18.2. The van der Waals surface area contributed by atoms with E-state index in [1.165, 1.54) is 94.6 Å². The van der Waals surface area contributed by atoms with Crippen LogP contribution < -0.4 is 4.90 Å². The first kappa shape index (κ1) is 44.2. The van der Waals surface area contributed by atoms with Gasteiger partial charge in [-0.1, -0.05) is 273 Å². The average molecular weight is 954 g/mol. The van der Waals surface area contributed by atoms with Crippen LogP contribution in [0, 0.1) is 0 Å². The fraction of sp³-hybridized carbons (Fsp3) is 0.0270. The molecule has 0 N–H and O–H groups in total. The number of rotatable bonds is 10. The maximum Gasteiger partial charge on any atom is 0.0714 e. The molecule has 2 aliphatic rings. The van der Waals surface area contributed by atoms with Crippen LogP contribution in [0.5, 0.6) is 0 Å². The molecule has 14 rings (SSSR count). The molecule has 0 unspecified atom stereocenters. The Kier molecular flexibility index (Phi) is 10.7. The van der Waals surface area contributed by atoms with Crippen LogP contribution in [0.2, 0.25) is 0 Å². The molecule has 1 heteroatoms. The van der Waals surface area contributed by atoms with Crippen molar-refractivity contribution in [2.24, 2.45) is 0 Å². The van der Waals surface area contributed by atoms with Gasteiger partial charge in [-0.05, 0) is 131 Å². The zero-order valence-electron chi connectivity index (χ0n) is 41.4. The quantitative estimate of drug-likeness (QED) is 0.132. The van der Waals surface area contributed by atoms with E-state index in [2.05, 4.69) is 314 Å². The lowest BCUT2D eigenvalue weighted by atomic mass is 9.67. The van der Waals surface area contributed by atoms with Crippen molar-refractivity contribution in [3.8, 4) is 55.6 Å². The van der Waals surface area contributed by atoms with Gasteiger partial charge in [-0.3, -0.25) is 0 Å². The number of nitrogens with zero attached hydrogens (tertiary/aromatic N) is 1. The van der Waals surface area contributed by atoms with Crippen LogP contribution >= 0.6 is 0 Å². The van der Waals surface area contributed by atoms with E-state index >= 15 is 0 Å². The van der Waals surface area contributed by atoms with Crippen molar-refractivity contribution in [3.63, 3.8) is 0 Å². The highest BCUT2D eigenvalue weighted by Crippen LogP contribution is 2.60. The monoisotopic (exact) mass is 953 g/mol. The minimum atomic E-state index is -0.530. The third kappa shape index (κ3) is 7.00. The van der Waals surface area contributed by atoms with Crippen LogP contribution in [0.4, 0.5) is 17.1 Å². The van der Waals surface area contributed by atoms with Gasteiger partial charge in [0.25, 0.3) is 0 Å². The van der Waals surface area contributed by atoms with Crippen LogP contribution in [0.25, 0.3) is 55.6 Å². The van der Waals surface area contributed by atoms with Crippen molar-refractivity contribution < 1.29 is 0 Å². The summed E-state index contributed by atoms with van der Waals surface area (Å²) in [5.41, 5.74) is 24.7. The van der Waals surface area contributed by atoms with E-state index in [0.29, 0.717) is 0 Å². The first-order valence-electron chi connectivity index (χ1n) is 26.1. The summed E-state index contributed by atoms with van der Waals surface area (Å²) in [6.07, 6.45) is 0. The highest BCUT2D eigenvalue weighted by molar-refractivity contribution is 5.98. The van der Waals surface area contributed by atoms with Gasteiger partial charge in [0.1, 0.15) is 0 Å². The fourth-order valence-corrected chi connectivity index (χ4v) is 12.8. The smallest absolute Gasteiger partial charge is 0.0714 e. The molecule has 0 heterocycles. The van der Waals surface area contributed by atoms with E-state index in [9.17, 15) is 0 Å². The molecule has 12 aromatic rings. The topological polar surface area (TPSA) is 3.24 Å². The van der Waals surface area contributed by atoms with Gasteiger partial charge in [-0.15, -0.1) is 0 Å². The van der Waals surface area contributed by atoms with E-state index in [1.54, 1.807) is 0 Å². The van der Waals surface area contributed by atoms with Gasteiger partial charge in [0, 0.05) is 16.9 Å². The molecule has 0 atom stereocenters. The summed E-state index contributed by atoms with van der Waals surface area (Å²) in [5.74, 6) is 0. The molecular weight excluding hydrogens is 903 g/mol. The van der Waals surface area contributed by atoms with Crippen molar-refractivity contribution in [2.45, 2.75) is 10.8 Å². The SMILES string of the molecule is c1ccc(-c2ccc(-c3ccc(N(c4ccc(-c5ccc6c(c5)C(c5ccccc5)(c5ccccc5)c5ccccc5-6)cc4)c4cccc5c4-c4ccccc4C5(c4ccccc4)c4ccccc4)cc3)cc2)cc1. The number of hydrogen-bond acceptors (Lipinski definition) is 1. The summed E-state index contributed by atoms with van der Waals surface area (Å²) in [6, 6.07) is 114. The van der Waals surface area contributed by atoms with Crippen LogP contribution in [-0.2, 0) is 10.8 Å². The molecule has 0 aliphatic heterocycles. The zero-order valence-corrected chi connectivity index (χ0v) is 41.4. The van der Waals surface area contributed by atoms with Crippen molar-refractivity contribution in [1.29, 1.82) is 0 Å². The molecule has 352 valence electrons. The van der Waals surface area contributed by atoms with E-state index < -0.39 is 10.8 Å². The summed E-state index contributed by atoms with van der Waals surface area (Å²) in [6.45, 7) is 0. The lowest BCUT2D eigenvalue weighted by Gasteiger charge is -2.34. The molecule has 1 nitrogen and oxygen atoms in total. The molecule has 75 heavy (non-hydrogen) atoms. The van der Waals surface area contributed by atoms with Gasteiger partial charge in [-0.25, -0.2) is 0 Å². The summed E-state index contributed by atoms with van der Waals surface area (Å²) >= 11 is 0. The molecular formula is C74H51N. The molecule has 0 bridgehead atoms. The fourth-order valence-electron chi connectivity index (χ4n) is 12.8. The Morgan fingerprint density at radius 1 is 0.213 bits per heavy atom. The number of fused-ring (bicyclic) bond motifs is 6. The van der Waals surface area contributed by atoms with E-state index in [0.717, 1.165) is 22.6 Å². The maximum absolute atomic E-state index is 2.48. The van der Waals surface area contributed by atoms with Crippen molar-refractivity contribution >= 4 is 17.1 Å². The molecule has 0 radical (unpaired) electrons. The lowest BCUT2D eigenvalue weighted by molar-refractivity contribution is 0.768. The highest BCUT2D eigenvalue weighted by atomic mass is 15.1. The third-order valence-electron chi connectivity index (χ3n) is 16.1. The van der Waals surface area contributed by atoms with Crippen molar-refractivity contribution in [2.75, 3.05) is 4.90 Å². The molecule has 0 saturated carbocycles. The first-order valence-corrected chi connectivity index (χ1v) is 26.1. The Bertz CT molecular complexity index is 3920. The molecule has 0 fully saturated rings. The first-order chi connectivity index (χ1) is 37.2. The summed E-state index contributed by atoms with van der Waals surface area (Å²) in [5, 5.41) is 0. The van der Waals surface area contributed by atoms with Crippen LogP contribution in [0.3, 0.4) is 0 Å². The normalized spacial score (nSPS) is 13.3. The van der Waals surface area contributed by atoms with Crippen molar-refractivity contribution in [1.82, 2.24) is 0 Å². The van der Waals surface area contributed by atoms with E-state index in [4.69, 9.17) is 0 Å². The van der Waals surface area contributed by atoms with Gasteiger partial charge < -0.3 is 4.90 Å². The largest absolute Gasteiger partial charge is 0.310 e. The lowest BCUT2D eigenvalue weighted by Crippen LogP contribution is -2.28. The Morgan fingerprint density at radius 3 is 1.04 bits per heavy atom. The van der Waals surface area contributed by atoms with Crippen LogP contribution in [-0.4, -0.2) is 0 Å². The second-order valence-corrected chi connectivity index (χ2v) is 19.9. The maximum atomic E-state index is 2.48. The number of hydrogen-bond donors (Lipinski definition) is 0. The molecule has 0 spiro atoms. The third-order valence-corrected chi connectivity index (χ3v) is 16.1.